The molecule has 1 aromatic heterocycles. The highest BCUT2D eigenvalue weighted by Crippen LogP contribution is 2.35. The van der Waals surface area contributed by atoms with Gasteiger partial charge in [-0.1, -0.05) is 18.6 Å². The predicted molar refractivity (Wildman–Crippen MR) is 167 cm³/mol. The number of rotatable bonds is 9. The van der Waals surface area contributed by atoms with Gasteiger partial charge in [0.15, 0.2) is 0 Å². The van der Waals surface area contributed by atoms with Crippen LogP contribution in [0.25, 0.3) is 22.0 Å². The zero-order chi connectivity index (χ0) is 31.3. The third-order valence-corrected chi connectivity index (χ3v) is 7.68. The van der Waals surface area contributed by atoms with E-state index in [9.17, 15) is 22.8 Å². The molecule has 0 aliphatic carbocycles. The van der Waals surface area contributed by atoms with E-state index in [0.717, 1.165) is 65.3 Å². The molecule has 0 saturated carbocycles. The molecule has 0 spiro atoms. The molecule has 1 aliphatic rings. The van der Waals surface area contributed by atoms with Crippen molar-refractivity contribution in [2.24, 2.45) is 0 Å². The minimum atomic E-state index is -4.62. The van der Waals surface area contributed by atoms with Crippen molar-refractivity contribution in [2.75, 3.05) is 42.1 Å². The number of halogens is 3. The van der Waals surface area contributed by atoms with Crippen molar-refractivity contribution in [3.8, 4) is 11.1 Å². The Morgan fingerprint density at radius 1 is 0.932 bits per heavy atom. The number of carbonyl (C=O) groups is 2. The van der Waals surface area contributed by atoms with Gasteiger partial charge in [-0.2, -0.15) is 13.2 Å². The molecule has 0 unspecified atom stereocenters. The van der Waals surface area contributed by atoms with Crippen molar-refractivity contribution in [3.05, 3.63) is 77.5 Å². The topological polar surface area (TPSA) is 99.2 Å². The average molecular weight is 605 g/mol. The highest BCUT2D eigenvalue weighted by Gasteiger charge is 2.31. The maximum Gasteiger partial charge on any atom is 0.416 e. The maximum absolute atomic E-state index is 13.4. The smallest absolute Gasteiger partial charge is 0.354 e. The van der Waals surface area contributed by atoms with Crippen LogP contribution >= 0.6 is 0 Å². The van der Waals surface area contributed by atoms with Crippen LogP contribution in [0.4, 0.5) is 30.5 Å². The normalized spacial score (nSPS) is 13.9. The van der Waals surface area contributed by atoms with Gasteiger partial charge in [0.25, 0.3) is 5.91 Å². The molecule has 0 radical (unpaired) electrons. The Morgan fingerprint density at radius 2 is 1.73 bits per heavy atom. The van der Waals surface area contributed by atoms with Crippen molar-refractivity contribution >= 4 is 40.0 Å². The number of hydrogen-bond acceptors (Lipinski definition) is 6. The first kappa shape index (κ1) is 30.9. The summed E-state index contributed by atoms with van der Waals surface area (Å²) in [6.07, 6.45) is 2.05. The van der Waals surface area contributed by atoms with Crippen LogP contribution in [-0.2, 0) is 11.0 Å². The zero-order valence-electron chi connectivity index (χ0n) is 24.7. The number of amides is 2. The number of aromatic nitrogens is 2. The molecule has 5 rings (SSSR count). The summed E-state index contributed by atoms with van der Waals surface area (Å²) in [6, 6.07) is 13.6. The number of nitrogens with zero attached hydrogens (tertiary/aromatic N) is 3. The number of nitrogens with one attached hydrogen (secondary N) is 3. The summed E-state index contributed by atoms with van der Waals surface area (Å²) in [5.74, 6) is -0.516. The first-order valence-corrected chi connectivity index (χ1v) is 14.7. The number of fused-ring (bicyclic) bond motifs is 1. The van der Waals surface area contributed by atoms with Gasteiger partial charge in [0.2, 0.25) is 11.9 Å². The molecule has 44 heavy (non-hydrogen) atoms. The molecule has 8 nitrogen and oxygen atoms in total. The minimum absolute atomic E-state index is 0.0663. The minimum Gasteiger partial charge on any atom is -0.354 e. The van der Waals surface area contributed by atoms with Gasteiger partial charge in [0.1, 0.15) is 0 Å². The molecule has 1 fully saturated rings. The lowest BCUT2D eigenvalue weighted by Crippen LogP contribution is -2.31. The van der Waals surface area contributed by atoms with Crippen LogP contribution in [0.15, 0.2) is 60.8 Å². The van der Waals surface area contributed by atoms with Gasteiger partial charge >= 0.3 is 6.18 Å². The van der Waals surface area contributed by atoms with E-state index in [1.807, 2.05) is 25.1 Å². The van der Waals surface area contributed by atoms with E-state index in [0.29, 0.717) is 5.95 Å². The molecule has 3 aromatic carbocycles. The molecular formula is C33H35F3N6O2. The summed E-state index contributed by atoms with van der Waals surface area (Å²) >= 11 is 0. The monoisotopic (exact) mass is 604 g/mol. The van der Waals surface area contributed by atoms with Gasteiger partial charge < -0.3 is 20.9 Å². The van der Waals surface area contributed by atoms with Crippen LogP contribution in [-0.4, -0.2) is 52.9 Å². The fourth-order valence-corrected chi connectivity index (χ4v) is 5.36. The molecule has 230 valence electrons. The molecule has 1 aliphatic heterocycles. The Balaban J connectivity index is 1.31. The summed E-state index contributed by atoms with van der Waals surface area (Å²) < 4.78 is 40.1. The molecule has 2 amide bonds. The third-order valence-electron chi connectivity index (χ3n) is 7.68. The van der Waals surface area contributed by atoms with Crippen molar-refractivity contribution in [2.45, 2.75) is 45.7 Å². The first-order valence-electron chi connectivity index (χ1n) is 14.7. The van der Waals surface area contributed by atoms with Crippen LogP contribution in [0.5, 0.6) is 0 Å². The van der Waals surface area contributed by atoms with Crippen LogP contribution < -0.4 is 16.0 Å². The predicted octanol–water partition coefficient (Wildman–Crippen LogP) is 7.12. The Labute approximate surface area is 254 Å². The fourth-order valence-electron chi connectivity index (χ4n) is 5.36. The quantitative estimate of drug-likeness (QED) is 0.176. The molecule has 4 aromatic rings. The Kier molecular flexibility index (Phi) is 9.43. The second-order valence-electron chi connectivity index (χ2n) is 11.1. The molecule has 1 saturated heterocycles. The second-order valence-corrected chi connectivity index (χ2v) is 11.1. The van der Waals surface area contributed by atoms with Crippen molar-refractivity contribution in [1.82, 2.24) is 14.9 Å². The van der Waals surface area contributed by atoms with E-state index < -0.39 is 23.6 Å². The van der Waals surface area contributed by atoms with Crippen LogP contribution in [0.3, 0.4) is 0 Å². The molecule has 0 bridgehead atoms. The second kappa shape index (κ2) is 13.4. The van der Waals surface area contributed by atoms with Gasteiger partial charge in [-0.3, -0.25) is 9.59 Å². The van der Waals surface area contributed by atoms with Crippen molar-refractivity contribution < 1.29 is 22.8 Å². The standard InChI is InChI=1S/C33H35F3N6O2/c1-21-7-8-24(31(44)40-30-19-26(33(34,35)36)10-12-29(30)39-22(2)43)18-27(21)23-9-11-28-25(17-23)20-38-32(41-28)37-13-6-16-42-14-4-3-5-15-42/h7-12,17-20H,3-6,13-16H2,1-2H3,(H,39,43)(H,40,44)(H,37,38,41). The summed E-state index contributed by atoms with van der Waals surface area (Å²) in [7, 11) is 0. The lowest BCUT2D eigenvalue weighted by molar-refractivity contribution is -0.137. The van der Waals surface area contributed by atoms with Crippen LogP contribution in [0.2, 0.25) is 0 Å². The number of hydrogen-bond donors (Lipinski definition) is 3. The number of alkyl halides is 3. The largest absolute Gasteiger partial charge is 0.416 e. The Hall–Kier alpha value is -4.51. The Bertz CT molecular complexity index is 1670. The van der Waals surface area contributed by atoms with Gasteiger partial charge in [-0.25, -0.2) is 9.97 Å². The van der Waals surface area contributed by atoms with Crippen LogP contribution in [0.1, 0.15) is 54.1 Å². The molecule has 11 heteroatoms. The van der Waals surface area contributed by atoms with E-state index in [4.69, 9.17) is 0 Å². The number of aryl methyl sites for hydroxylation is 1. The zero-order valence-corrected chi connectivity index (χ0v) is 24.7. The summed E-state index contributed by atoms with van der Waals surface area (Å²) in [6.45, 7) is 7.36. The summed E-state index contributed by atoms with van der Waals surface area (Å²) in [4.78, 5) is 36.5. The highest BCUT2D eigenvalue weighted by molar-refractivity contribution is 6.08. The summed E-state index contributed by atoms with van der Waals surface area (Å²) in [5.41, 5.74) is 2.53. The molecule has 0 atom stereocenters. The number of carbonyl (C=O) groups excluding carboxylic acids is 2. The molecular weight excluding hydrogens is 569 g/mol. The number of benzene rings is 3. The number of likely N-dealkylation sites (tertiary alicyclic amines) is 1. The maximum atomic E-state index is 13.4. The fraction of sp³-hybridized carbons (Fsp3) is 0.333. The van der Waals surface area contributed by atoms with E-state index in [-0.39, 0.29) is 16.9 Å². The first-order chi connectivity index (χ1) is 21.1. The SMILES string of the molecule is CC(=O)Nc1ccc(C(F)(F)F)cc1NC(=O)c1ccc(C)c(-c2ccc3nc(NCCCN4CCCCC4)ncc3c2)c1. The summed E-state index contributed by atoms with van der Waals surface area (Å²) in [5, 5.41) is 9.15. The molecule has 2 heterocycles. The van der Waals surface area contributed by atoms with Gasteiger partial charge in [0, 0.05) is 30.6 Å². The van der Waals surface area contributed by atoms with Crippen molar-refractivity contribution in [1.29, 1.82) is 0 Å². The van der Waals surface area contributed by atoms with E-state index in [2.05, 4.69) is 30.8 Å². The van der Waals surface area contributed by atoms with E-state index in [1.165, 1.54) is 39.3 Å². The number of piperidine rings is 1. The van der Waals surface area contributed by atoms with Gasteiger partial charge in [-0.15, -0.1) is 0 Å². The highest BCUT2D eigenvalue weighted by atomic mass is 19.4. The lowest BCUT2D eigenvalue weighted by Gasteiger charge is -2.26. The van der Waals surface area contributed by atoms with E-state index >= 15 is 0 Å². The van der Waals surface area contributed by atoms with Crippen molar-refractivity contribution in [3.63, 3.8) is 0 Å². The third kappa shape index (κ3) is 7.71. The van der Waals surface area contributed by atoms with Crippen LogP contribution in [0, 0.1) is 6.92 Å². The van der Waals surface area contributed by atoms with Gasteiger partial charge in [-0.05, 0) is 105 Å². The Morgan fingerprint density at radius 3 is 2.48 bits per heavy atom. The lowest BCUT2D eigenvalue weighted by atomic mass is 9.97. The van der Waals surface area contributed by atoms with E-state index in [1.54, 1.807) is 24.4 Å². The van der Waals surface area contributed by atoms with Gasteiger partial charge in [0.05, 0.1) is 22.5 Å². The molecule has 3 N–H and O–H groups in total. The number of anilines is 3. The average Bonchev–Trinajstić information content (AvgIpc) is 3.00.